The lowest BCUT2D eigenvalue weighted by Crippen LogP contribution is -2.21. The number of hydrogen-bond acceptors (Lipinski definition) is 2. The maximum absolute atomic E-state index is 4.42. The topological polar surface area (TPSA) is 29.9 Å². The third-order valence-electron chi connectivity index (χ3n) is 3.39. The van der Waals surface area contributed by atoms with Gasteiger partial charge in [0.05, 0.1) is 5.69 Å². The van der Waals surface area contributed by atoms with Crippen molar-refractivity contribution in [3.8, 4) is 0 Å². The van der Waals surface area contributed by atoms with E-state index in [4.69, 9.17) is 0 Å². The number of rotatable bonds is 11. The van der Waals surface area contributed by atoms with Gasteiger partial charge < -0.3 is 5.32 Å². The Morgan fingerprint density at radius 1 is 1.16 bits per heavy atom. The van der Waals surface area contributed by atoms with Crippen LogP contribution in [0.5, 0.6) is 0 Å². The lowest BCUT2D eigenvalue weighted by Gasteiger charge is -2.10. The molecule has 0 aliphatic carbocycles. The molecule has 3 heteroatoms. The van der Waals surface area contributed by atoms with Crippen molar-refractivity contribution in [3.05, 3.63) is 18.0 Å². The Balaban J connectivity index is 2.17. The number of aryl methyl sites for hydroxylation is 1. The van der Waals surface area contributed by atoms with Gasteiger partial charge in [0.15, 0.2) is 0 Å². The van der Waals surface area contributed by atoms with Gasteiger partial charge in [-0.05, 0) is 24.9 Å². The molecule has 0 saturated heterocycles. The highest BCUT2D eigenvalue weighted by molar-refractivity contribution is 4.99. The van der Waals surface area contributed by atoms with Gasteiger partial charge in [-0.15, -0.1) is 0 Å². The van der Waals surface area contributed by atoms with Crippen LogP contribution in [-0.4, -0.2) is 16.3 Å². The van der Waals surface area contributed by atoms with Crippen LogP contribution in [0.1, 0.15) is 65.0 Å². The molecular formula is C16H31N3. The van der Waals surface area contributed by atoms with Gasteiger partial charge in [-0.1, -0.05) is 52.9 Å². The van der Waals surface area contributed by atoms with Crippen LogP contribution in [0.3, 0.4) is 0 Å². The Hall–Kier alpha value is -0.830. The molecule has 0 aliphatic heterocycles. The smallest absolute Gasteiger partial charge is 0.0522 e. The fourth-order valence-electron chi connectivity index (χ4n) is 2.24. The van der Waals surface area contributed by atoms with Crippen LogP contribution in [0.15, 0.2) is 12.3 Å². The fourth-order valence-corrected chi connectivity index (χ4v) is 2.24. The third kappa shape index (κ3) is 7.36. The van der Waals surface area contributed by atoms with E-state index in [1.165, 1.54) is 44.2 Å². The van der Waals surface area contributed by atoms with E-state index in [-0.39, 0.29) is 0 Å². The number of nitrogens with one attached hydrogen (secondary N) is 1. The van der Waals surface area contributed by atoms with Crippen molar-refractivity contribution in [2.45, 2.75) is 72.4 Å². The zero-order chi connectivity index (χ0) is 13.9. The van der Waals surface area contributed by atoms with Gasteiger partial charge in [0.1, 0.15) is 0 Å². The minimum Gasteiger partial charge on any atom is -0.311 e. The normalized spacial score (nSPS) is 11.4. The molecule has 0 aliphatic rings. The maximum atomic E-state index is 4.42. The summed E-state index contributed by atoms with van der Waals surface area (Å²) in [5, 5.41) is 7.91. The fraction of sp³-hybridized carbons (Fsp3) is 0.812. The number of nitrogens with zero attached hydrogens (tertiary/aromatic N) is 2. The minimum atomic E-state index is 0.704. The summed E-state index contributed by atoms with van der Waals surface area (Å²) in [6.07, 6.45) is 9.97. The summed E-state index contributed by atoms with van der Waals surface area (Å²) in [5.41, 5.74) is 1.31. The monoisotopic (exact) mass is 265 g/mol. The summed E-state index contributed by atoms with van der Waals surface area (Å²) in [6, 6.07) is 2.13. The second-order valence-electron chi connectivity index (χ2n) is 5.84. The van der Waals surface area contributed by atoms with Crippen LogP contribution in [0.4, 0.5) is 0 Å². The van der Waals surface area contributed by atoms with E-state index in [0.717, 1.165) is 19.6 Å². The first-order chi connectivity index (χ1) is 9.24. The van der Waals surface area contributed by atoms with Crippen molar-refractivity contribution in [1.29, 1.82) is 0 Å². The van der Waals surface area contributed by atoms with E-state index in [1.807, 2.05) is 6.20 Å². The van der Waals surface area contributed by atoms with Gasteiger partial charge in [0.25, 0.3) is 0 Å². The Morgan fingerprint density at radius 3 is 2.63 bits per heavy atom. The summed E-state index contributed by atoms with van der Waals surface area (Å²) in [5.74, 6) is 0.704. The Kier molecular flexibility index (Phi) is 8.55. The van der Waals surface area contributed by atoms with Crippen molar-refractivity contribution in [2.24, 2.45) is 5.92 Å². The molecule has 1 heterocycles. The molecule has 0 bridgehead atoms. The SMILES string of the molecule is CCCCCCCCn1nccc1CNCC(C)C. The lowest BCUT2D eigenvalue weighted by atomic mass is 10.1. The van der Waals surface area contributed by atoms with E-state index in [1.54, 1.807) is 0 Å². The highest BCUT2D eigenvalue weighted by Crippen LogP contribution is 2.07. The van der Waals surface area contributed by atoms with E-state index in [9.17, 15) is 0 Å². The molecule has 1 aromatic rings. The van der Waals surface area contributed by atoms with Crippen molar-refractivity contribution in [1.82, 2.24) is 15.1 Å². The van der Waals surface area contributed by atoms with Gasteiger partial charge in [0.2, 0.25) is 0 Å². The maximum Gasteiger partial charge on any atom is 0.0522 e. The first kappa shape index (κ1) is 16.2. The molecule has 110 valence electrons. The molecule has 0 radical (unpaired) electrons. The first-order valence-electron chi connectivity index (χ1n) is 7.95. The molecule has 0 saturated carbocycles. The number of unbranched alkanes of at least 4 members (excludes halogenated alkanes) is 5. The molecule has 1 rings (SSSR count). The molecular weight excluding hydrogens is 234 g/mol. The van der Waals surface area contributed by atoms with Crippen molar-refractivity contribution >= 4 is 0 Å². The van der Waals surface area contributed by atoms with Crippen LogP contribution < -0.4 is 5.32 Å². The lowest BCUT2D eigenvalue weighted by molar-refractivity contribution is 0.491. The van der Waals surface area contributed by atoms with E-state index in [2.05, 4.69) is 41.9 Å². The van der Waals surface area contributed by atoms with Crippen LogP contribution in [0.2, 0.25) is 0 Å². The molecule has 0 amide bonds. The highest BCUT2D eigenvalue weighted by atomic mass is 15.3. The van der Waals surface area contributed by atoms with Crippen LogP contribution in [-0.2, 0) is 13.1 Å². The molecule has 1 aromatic heterocycles. The van der Waals surface area contributed by atoms with Gasteiger partial charge >= 0.3 is 0 Å². The van der Waals surface area contributed by atoms with E-state index in [0.29, 0.717) is 5.92 Å². The largest absolute Gasteiger partial charge is 0.311 e. The van der Waals surface area contributed by atoms with Gasteiger partial charge in [-0.25, -0.2) is 0 Å². The van der Waals surface area contributed by atoms with Gasteiger partial charge in [-0.3, -0.25) is 4.68 Å². The van der Waals surface area contributed by atoms with E-state index < -0.39 is 0 Å². The quantitative estimate of drug-likeness (QED) is 0.613. The summed E-state index contributed by atoms with van der Waals surface area (Å²) < 4.78 is 2.16. The molecule has 0 spiro atoms. The Bertz CT molecular complexity index is 318. The second-order valence-corrected chi connectivity index (χ2v) is 5.84. The van der Waals surface area contributed by atoms with E-state index >= 15 is 0 Å². The molecule has 0 atom stereocenters. The third-order valence-corrected chi connectivity index (χ3v) is 3.39. The Labute approximate surface area is 118 Å². The summed E-state index contributed by atoms with van der Waals surface area (Å²) in [7, 11) is 0. The number of hydrogen-bond donors (Lipinski definition) is 1. The molecule has 1 N–H and O–H groups in total. The summed E-state index contributed by atoms with van der Waals surface area (Å²) >= 11 is 0. The van der Waals surface area contributed by atoms with Crippen LogP contribution in [0, 0.1) is 5.92 Å². The number of aromatic nitrogens is 2. The zero-order valence-corrected chi connectivity index (χ0v) is 13.0. The minimum absolute atomic E-state index is 0.704. The van der Waals surface area contributed by atoms with Crippen molar-refractivity contribution in [3.63, 3.8) is 0 Å². The molecule has 0 fully saturated rings. The van der Waals surface area contributed by atoms with Crippen molar-refractivity contribution < 1.29 is 0 Å². The average Bonchev–Trinajstić information content (AvgIpc) is 2.81. The molecule has 19 heavy (non-hydrogen) atoms. The van der Waals surface area contributed by atoms with Gasteiger partial charge in [-0.2, -0.15) is 5.10 Å². The second kappa shape index (κ2) is 10.0. The average molecular weight is 265 g/mol. The molecule has 3 nitrogen and oxygen atoms in total. The summed E-state index contributed by atoms with van der Waals surface area (Å²) in [6.45, 7) is 9.81. The summed E-state index contributed by atoms with van der Waals surface area (Å²) in [4.78, 5) is 0. The Morgan fingerprint density at radius 2 is 1.89 bits per heavy atom. The van der Waals surface area contributed by atoms with Crippen LogP contribution >= 0.6 is 0 Å². The highest BCUT2D eigenvalue weighted by Gasteiger charge is 2.02. The predicted octanol–water partition coefficient (Wildman–Crippen LogP) is 3.99. The first-order valence-corrected chi connectivity index (χ1v) is 7.95. The molecule has 0 aromatic carbocycles. The standard InChI is InChI=1S/C16H31N3/c1-4-5-6-7-8-9-12-19-16(10-11-18-19)14-17-13-15(2)3/h10-11,15,17H,4-9,12-14H2,1-3H3. The predicted molar refractivity (Wildman–Crippen MR) is 82.1 cm³/mol. The zero-order valence-electron chi connectivity index (χ0n) is 13.0. The van der Waals surface area contributed by atoms with Crippen LogP contribution in [0.25, 0.3) is 0 Å². The van der Waals surface area contributed by atoms with Gasteiger partial charge in [0, 0.05) is 19.3 Å². The van der Waals surface area contributed by atoms with Crippen molar-refractivity contribution in [2.75, 3.05) is 6.54 Å². The molecule has 0 unspecified atom stereocenters.